The van der Waals surface area contributed by atoms with Crippen molar-refractivity contribution < 1.29 is 19.4 Å². The number of ether oxygens (including phenoxy) is 1. The fraction of sp³-hybridized carbons (Fsp3) is 0. The van der Waals surface area contributed by atoms with E-state index in [0.29, 0.717) is 22.7 Å². The number of anilines is 1. The van der Waals surface area contributed by atoms with Crippen LogP contribution in [0.15, 0.2) is 89.9 Å². The molecule has 1 amide bonds. The first kappa shape index (κ1) is 18.9. The number of carboxylic acids is 1. The number of para-hydroxylation sites is 2. The van der Waals surface area contributed by atoms with Crippen molar-refractivity contribution in [1.82, 2.24) is 4.57 Å². The van der Waals surface area contributed by atoms with E-state index in [9.17, 15) is 19.5 Å². The van der Waals surface area contributed by atoms with Crippen molar-refractivity contribution in [3.8, 4) is 11.5 Å². The number of nitrogens with one attached hydrogen (secondary N) is 1. The number of hydrogen-bond donors (Lipinski definition) is 2. The van der Waals surface area contributed by atoms with Crippen LogP contribution >= 0.6 is 0 Å². The summed E-state index contributed by atoms with van der Waals surface area (Å²) in [5, 5.41) is 12.2. The van der Waals surface area contributed by atoms with Crippen LogP contribution in [-0.2, 0) is 0 Å². The first-order valence-electron chi connectivity index (χ1n) is 9.05. The summed E-state index contributed by atoms with van der Waals surface area (Å²) >= 11 is 0. The van der Waals surface area contributed by atoms with Crippen molar-refractivity contribution in [2.75, 3.05) is 5.32 Å². The van der Waals surface area contributed by atoms with Crippen LogP contribution < -0.4 is 15.5 Å². The smallest absolute Gasteiger partial charge is 0.341 e. The van der Waals surface area contributed by atoms with E-state index in [1.54, 1.807) is 42.5 Å². The molecule has 0 radical (unpaired) electrons. The number of carbonyl (C=O) groups excluding carboxylic acids is 1. The second-order valence-electron chi connectivity index (χ2n) is 6.43. The molecule has 0 spiro atoms. The summed E-state index contributed by atoms with van der Waals surface area (Å²) in [6, 6.07) is 21.8. The van der Waals surface area contributed by atoms with Crippen LogP contribution in [0.1, 0.15) is 10.4 Å². The van der Waals surface area contributed by atoms with E-state index in [0.717, 1.165) is 10.8 Å². The Morgan fingerprint density at radius 3 is 2.17 bits per heavy atom. The zero-order valence-electron chi connectivity index (χ0n) is 15.6. The first-order valence-corrected chi connectivity index (χ1v) is 9.05. The van der Waals surface area contributed by atoms with Crippen LogP contribution in [0.3, 0.4) is 0 Å². The Bertz CT molecular complexity index is 1290. The summed E-state index contributed by atoms with van der Waals surface area (Å²) in [6.45, 7) is 0. The minimum absolute atomic E-state index is 0.152. The van der Waals surface area contributed by atoms with Gasteiger partial charge >= 0.3 is 12.0 Å². The van der Waals surface area contributed by atoms with Crippen LogP contribution in [-0.4, -0.2) is 21.7 Å². The van der Waals surface area contributed by atoms with Crippen LogP contribution in [0.4, 0.5) is 10.5 Å². The van der Waals surface area contributed by atoms with Gasteiger partial charge in [0.15, 0.2) is 0 Å². The molecule has 1 heterocycles. The summed E-state index contributed by atoms with van der Waals surface area (Å²) < 4.78 is 6.84. The summed E-state index contributed by atoms with van der Waals surface area (Å²) in [5.41, 5.74) is -0.311. The predicted octanol–water partition coefficient (Wildman–Crippen LogP) is 4.57. The summed E-state index contributed by atoms with van der Waals surface area (Å²) in [6.07, 6.45) is 1.04. The Morgan fingerprint density at radius 2 is 1.47 bits per heavy atom. The molecule has 3 aromatic carbocycles. The van der Waals surface area contributed by atoms with Crippen molar-refractivity contribution in [2.45, 2.75) is 0 Å². The van der Waals surface area contributed by atoms with Gasteiger partial charge in [-0.1, -0.05) is 30.3 Å². The molecule has 0 unspecified atom stereocenters. The van der Waals surface area contributed by atoms with E-state index in [-0.39, 0.29) is 5.39 Å². The van der Waals surface area contributed by atoms with Gasteiger partial charge in [-0.05, 0) is 48.5 Å². The Labute approximate surface area is 170 Å². The van der Waals surface area contributed by atoms with Gasteiger partial charge in [0, 0.05) is 17.3 Å². The molecule has 0 fully saturated rings. The molecule has 148 valence electrons. The Morgan fingerprint density at radius 1 is 0.833 bits per heavy atom. The summed E-state index contributed by atoms with van der Waals surface area (Å²) in [5.74, 6) is -0.105. The summed E-state index contributed by atoms with van der Waals surface area (Å²) in [7, 11) is 0. The lowest BCUT2D eigenvalue weighted by atomic mass is 10.1. The highest BCUT2D eigenvalue weighted by Crippen LogP contribution is 2.23. The van der Waals surface area contributed by atoms with E-state index in [1.165, 1.54) is 6.07 Å². The number of aromatic nitrogens is 1. The van der Waals surface area contributed by atoms with Crippen LogP contribution in [0, 0.1) is 0 Å². The van der Waals surface area contributed by atoms with E-state index >= 15 is 0 Å². The number of benzene rings is 3. The molecule has 0 saturated carbocycles. The minimum atomic E-state index is -1.39. The van der Waals surface area contributed by atoms with Crippen LogP contribution in [0.5, 0.6) is 11.5 Å². The largest absolute Gasteiger partial charge is 0.477 e. The van der Waals surface area contributed by atoms with Gasteiger partial charge in [0.05, 0.1) is 5.52 Å². The lowest BCUT2D eigenvalue weighted by molar-refractivity contribution is 0.0695. The van der Waals surface area contributed by atoms with Crippen molar-refractivity contribution in [3.05, 3.63) is 101 Å². The molecule has 7 heteroatoms. The SMILES string of the molecule is O=C(O)c1cn(C(=O)Nc2ccc(Oc3ccccc3)cc2)c2ccccc2c1=O. The molecule has 0 saturated heterocycles. The zero-order valence-corrected chi connectivity index (χ0v) is 15.6. The first-order chi connectivity index (χ1) is 14.5. The van der Waals surface area contributed by atoms with Gasteiger partial charge in [0.2, 0.25) is 5.43 Å². The number of fused-ring (bicyclic) bond motifs is 1. The lowest BCUT2D eigenvalue weighted by Crippen LogP contribution is -2.25. The van der Waals surface area contributed by atoms with E-state index in [4.69, 9.17) is 4.74 Å². The van der Waals surface area contributed by atoms with Crippen LogP contribution in [0.2, 0.25) is 0 Å². The number of amides is 1. The second-order valence-corrected chi connectivity index (χ2v) is 6.43. The molecule has 0 bridgehead atoms. The molecular weight excluding hydrogens is 384 g/mol. The third-order valence-electron chi connectivity index (χ3n) is 4.44. The Balaban J connectivity index is 1.61. The molecule has 30 heavy (non-hydrogen) atoms. The highest BCUT2D eigenvalue weighted by molar-refractivity contribution is 6.00. The highest BCUT2D eigenvalue weighted by atomic mass is 16.5. The van der Waals surface area contributed by atoms with Gasteiger partial charge in [-0.25, -0.2) is 9.59 Å². The molecule has 1 aromatic heterocycles. The molecule has 0 aliphatic heterocycles. The predicted molar refractivity (Wildman–Crippen MR) is 113 cm³/mol. The Hall–Kier alpha value is -4.39. The number of rotatable bonds is 4. The topological polar surface area (TPSA) is 97.6 Å². The third-order valence-corrected chi connectivity index (χ3v) is 4.44. The fourth-order valence-corrected chi connectivity index (χ4v) is 3.01. The molecule has 7 nitrogen and oxygen atoms in total. The number of pyridine rings is 1. The van der Waals surface area contributed by atoms with E-state index < -0.39 is 23.0 Å². The van der Waals surface area contributed by atoms with Gasteiger partial charge < -0.3 is 15.2 Å². The third kappa shape index (κ3) is 3.77. The highest BCUT2D eigenvalue weighted by Gasteiger charge is 2.17. The van der Waals surface area contributed by atoms with E-state index in [1.807, 2.05) is 30.3 Å². The van der Waals surface area contributed by atoms with Gasteiger partial charge in [0.1, 0.15) is 17.1 Å². The maximum atomic E-state index is 12.8. The quantitative estimate of drug-likeness (QED) is 0.523. The number of nitrogens with zero attached hydrogens (tertiary/aromatic N) is 1. The van der Waals surface area contributed by atoms with Gasteiger partial charge in [0.25, 0.3) is 0 Å². The molecule has 2 N–H and O–H groups in total. The lowest BCUT2D eigenvalue weighted by Gasteiger charge is -2.13. The fourth-order valence-electron chi connectivity index (χ4n) is 3.01. The van der Waals surface area contributed by atoms with E-state index in [2.05, 4.69) is 5.32 Å². The molecule has 0 aliphatic carbocycles. The minimum Gasteiger partial charge on any atom is -0.477 e. The van der Waals surface area contributed by atoms with Crippen molar-refractivity contribution >= 4 is 28.6 Å². The number of aromatic carboxylic acids is 1. The van der Waals surface area contributed by atoms with Gasteiger partial charge in [-0.3, -0.25) is 9.36 Å². The van der Waals surface area contributed by atoms with Crippen molar-refractivity contribution in [1.29, 1.82) is 0 Å². The summed E-state index contributed by atoms with van der Waals surface area (Å²) in [4.78, 5) is 36.6. The van der Waals surface area contributed by atoms with Gasteiger partial charge in [-0.2, -0.15) is 0 Å². The van der Waals surface area contributed by atoms with Crippen LogP contribution in [0.25, 0.3) is 10.9 Å². The average Bonchev–Trinajstić information content (AvgIpc) is 2.76. The molecular formula is C23H16N2O5. The molecule has 0 atom stereocenters. The monoisotopic (exact) mass is 400 g/mol. The second kappa shape index (κ2) is 7.92. The zero-order chi connectivity index (χ0) is 21.1. The number of carbonyl (C=O) groups is 2. The van der Waals surface area contributed by atoms with Crippen molar-refractivity contribution in [3.63, 3.8) is 0 Å². The molecule has 0 aliphatic rings. The Kier molecular flexibility index (Phi) is 5.00. The number of carboxylic acid groups (broad SMARTS) is 1. The normalized spacial score (nSPS) is 10.5. The molecule has 4 aromatic rings. The maximum Gasteiger partial charge on any atom is 0.341 e. The van der Waals surface area contributed by atoms with Gasteiger partial charge in [-0.15, -0.1) is 0 Å². The average molecular weight is 400 g/mol. The standard InChI is InChI=1S/C23H16N2O5/c26-21-18-8-4-5-9-20(18)25(14-19(21)22(27)28)23(29)24-15-10-12-17(13-11-15)30-16-6-2-1-3-7-16/h1-14H,(H,24,29)(H,27,28). The van der Waals surface area contributed by atoms with Crippen molar-refractivity contribution in [2.24, 2.45) is 0 Å². The maximum absolute atomic E-state index is 12.8. The molecule has 4 rings (SSSR count). The number of hydrogen-bond acceptors (Lipinski definition) is 4.